The highest BCUT2D eigenvalue weighted by Gasteiger charge is 2.27. The van der Waals surface area contributed by atoms with E-state index < -0.39 is 6.04 Å². The molecule has 2 aromatic carbocycles. The van der Waals surface area contributed by atoms with Gasteiger partial charge >= 0.3 is 0 Å². The lowest BCUT2D eigenvalue weighted by Gasteiger charge is -2.29. The topological polar surface area (TPSA) is 58.6 Å². The zero-order valence-corrected chi connectivity index (χ0v) is 20.0. The monoisotopic (exact) mass is 464 g/mol. The summed E-state index contributed by atoms with van der Waals surface area (Å²) in [5.74, 6) is 0.489. The van der Waals surface area contributed by atoms with Crippen molar-refractivity contribution in [3.05, 3.63) is 63.6 Å². The summed E-state index contributed by atoms with van der Waals surface area (Å²) in [5.41, 5.74) is 1.90. The summed E-state index contributed by atoms with van der Waals surface area (Å²) in [6.45, 7) is 8.44. The maximum Gasteiger partial charge on any atom is 0.261 e. The zero-order chi connectivity index (χ0) is 23.0. The fourth-order valence-electron chi connectivity index (χ4n) is 2.99. The number of nitrogens with one attached hydrogen (secondary N) is 1. The minimum atomic E-state index is -0.683. The van der Waals surface area contributed by atoms with Crippen LogP contribution >= 0.6 is 23.2 Å². The third kappa shape index (κ3) is 7.44. The number of carbonyl (C=O) groups is 2. The van der Waals surface area contributed by atoms with E-state index in [0.29, 0.717) is 33.8 Å². The number of benzene rings is 2. The van der Waals surface area contributed by atoms with Gasteiger partial charge in [0.2, 0.25) is 5.91 Å². The Labute approximate surface area is 194 Å². The van der Waals surface area contributed by atoms with Crippen molar-refractivity contribution in [1.82, 2.24) is 10.2 Å². The van der Waals surface area contributed by atoms with E-state index >= 15 is 0 Å². The Morgan fingerprint density at radius 1 is 1.06 bits per heavy atom. The molecule has 0 aliphatic rings. The van der Waals surface area contributed by atoms with Gasteiger partial charge in [0, 0.05) is 23.1 Å². The van der Waals surface area contributed by atoms with Gasteiger partial charge in [-0.2, -0.15) is 0 Å². The molecular weight excluding hydrogens is 435 g/mol. The lowest BCUT2D eigenvalue weighted by molar-refractivity contribution is -0.142. The number of nitrogens with zero attached hydrogens (tertiary/aromatic N) is 1. The molecule has 5 nitrogen and oxygen atoms in total. The molecule has 0 bridgehead atoms. The number of halogens is 2. The summed E-state index contributed by atoms with van der Waals surface area (Å²) in [7, 11) is 0. The standard InChI is InChI=1S/C24H30Cl2N2O3/c1-5-12-27-24(30)17(4)28(14-19-6-9-20(25)13-22(19)26)23(29)15-31-21-10-7-18(8-11-21)16(2)3/h6-11,13,16-17H,5,12,14-15H2,1-4H3,(H,27,30). The number of carbonyl (C=O) groups excluding carboxylic acids is 2. The number of hydrogen-bond donors (Lipinski definition) is 1. The molecule has 2 rings (SSSR count). The highest BCUT2D eigenvalue weighted by molar-refractivity contribution is 6.35. The van der Waals surface area contributed by atoms with Crippen LogP contribution in [0.2, 0.25) is 10.0 Å². The number of rotatable bonds is 10. The third-order valence-electron chi connectivity index (χ3n) is 4.98. The van der Waals surface area contributed by atoms with Gasteiger partial charge in [0.05, 0.1) is 0 Å². The average Bonchev–Trinajstić information content (AvgIpc) is 2.75. The van der Waals surface area contributed by atoms with Gasteiger partial charge in [-0.3, -0.25) is 9.59 Å². The minimum absolute atomic E-state index is 0.172. The van der Waals surface area contributed by atoms with Crippen molar-refractivity contribution in [3.63, 3.8) is 0 Å². The summed E-state index contributed by atoms with van der Waals surface area (Å²) in [6, 6.07) is 12.1. The highest BCUT2D eigenvalue weighted by atomic mass is 35.5. The SMILES string of the molecule is CCCNC(=O)C(C)N(Cc1ccc(Cl)cc1Cl)C(=O)COc1ccc(C(C)C)cc1. The Hall–Kier alpha value is -2.24. The summed E-state index contributed by atoms with van der Waals surface area (Å²) < 4.78 is 5.70. The van der Waals surface area contributed by atoms with E-state index in [9.17, 15) is 9.59 Å². The van der Waals surface area contributed by atoms with Crippen LogP contribution in [-0.2, 0) is 16.1 Å². The molecule has 0 fully saturated rings. The fourth-order valence-corrected chi connectivity index (χ4v) is 3.46. The van der Waals surface area contributed by atoms with Crippen molar-refractivity contribution < 1.29 is 14.3 Å². The summed E-state index contributed by atoms with van der Waals surface area (Å²) in [5, 5.41) is 3.79. The Bertz CT molecular complexity index is 885. The first-order valence-electron chi connectivity index (χ1n) is 10.5. The van der Waals surface area contributed by atoms with Gasteiger partial charge in [0.25, 0.3) is 5.91 Å². The summed E-state index contributed by atoms with van der Waals surface area (Å²) >= 11 is 12.3. The molecule has 1 unspecified atom stereocenters. The molecule has 0 radical (unpaired) electrons. The van der Waals surface area contributed by atoms with Gasteiger partial charge in [-0.1, -0.05) is 62.2 Å². The van der Waals surface area contributed by atoms with Crippen LogP contribution in [0.25, 0.3) is 0 Å². The molecule has 0 aromatic heterocycles. The molecule has 0 aliphatic heterocycles. The van der Waals surface area contributed by atoms with Gasteiger partial charge in [0.1, 0.15) is 11.8 Å². The molecule has 1 N–H and O–H groups in total. The summed E-state index contributed by atoms with van der Waals surface area (Å²) in [4.78, 5) is 27.1. The first-order chi connectivity index (χ1) is 14.7. The molecule has 1 atom stereocenters. The van der Waals surface area contributed by atoms with E-state index in [0.717, 1.165) is 6.42 Å². The second kappa shape index (κ2) is 12.0. The number of hydrogen-bond acceptors (Lipinski definition) is 3. The quantitative estimate of drug-likeness (QED) is 0.509. The van der Waals surface area contributed by atoms with E-state index in [1.807, 2.05) is 31.2 Å². The maximum atomic E-state index is 13.0. The normalized spacial score (nSPS) is 11.8. The van der Waals surface area contributed by atoms with Gasteiger partial charge < -0.3 is 15.0 Å². The van der Waals surface area contributed by atoms with Crippen molar-refractivity contribution in [3.8, 4) is 5.75 Å². The van der Waals surface area contributed by atoms with Crippen LogP contribution < -0.4 is 10.1 Å². The molecule has 0 saturated heterocycles. The average molecular weight is 465 g/mol. The van der Waals surface area contributed by atoms with Crippen LogP contribution in [0.1, 0.15) is 51.2 Å². The van der Waals surface area contributed by atoms with Gasteiger partial charge in [-0.15, -0.1) is 0 Å². The van der Waals surface area contributed by atoms with Crippen LogP contribution in [-0.4, -0.2) is 35.9 Å². The molecule has 0 spiro atoms. The van der Waals surface area contributed by atoms with Crippen molar-refractivity contribution >= 4 is 35.0 Å². The van der Waals surface area contributed by atoms with Crippen LogP contribution in [0.5, 0.6) is 5.75 Å². The lowest BCUT2D eigenvalue weighted by atomic mass is 10.0. The van der Waals surface area contributed by atoms with Crippen LogP contribution in [0.3, 0.4) is 0 Å². The van der Waals surface area contributed by atoms with Crippen LogP contribution in [0, 0.1) is 0 Å². The molecule has 31 heavy (non-hydrogen) atoms. The molecule has 2 aromatic rings. The van der Waals surface area contributed by atoms with E-state index in [-0.39, 0.29) is 25.0 Å². The Morgan fingerprint density at radius 3 is 2.32 bits per heavy atom. The summed E-state index contributed by atoms with van der Waals surface area (Å²) in [6.07, 6.45) is 0.810. The van der Waals surface area contributed by atoms with E-state index in [2.05, 4.69) is 19.2 Å². The molecule has 168 valence electrons. The molecular formula is C24H30Cl2N2O3. The molecule has 0 saturated carbocycles. The first-order valence-corrected chi connectivity index (χ1v) is 11.2. The van der Waals surface area contributed by atoms with E-state index in [4.69, 9.17) is 27.9 Å². The van der Waals surface area contributed by atoms with Crippen molar-refractivity contribution in [2.45, 2.75) is 52.6 Å². The van der Waals surface area contributed by atoms with Crippen LogP contribution in [0.15, 0.2) is 42.5 Å². The van der Waals surface area contributed by atoms with Crippen molar-refractivity contribution in [2.75, 3.05) is 13.2 Å². The smallest absolute Gasteiger partial charge is 0.261 e. The Balaban J connectivity index is 2.15. The van der Waals surface area contributed by atoms with Gasteiger partial charge in [-0.25, -0.2) is 0 Å². The highest BCUT2D eigenvalue weighted by Crippen LogP contribution is 2.24. The maximum absolute atomic E-state index is 13.0. The molecule has 2 amide bonds. The lowest BCUT2D eigenvalue weighted by Crippen LogP contribution is -2.49. The van der Waals surface area contributed by atoms with Gasteiger partial charge in [-0.05, 0) is 54.7 Å². The van der Waals surface area contributed by atoms with Crippen molar-refractivity contribution in [2.24, 2.45) is 0 Å². The Morgan fingerprint density at radius 2 is 1.74 bits per heavy atom. The van der Waals surface area contributed by atoms with E-state index in [1.165, 1.54) is 10.5 Å². The van der Waals surface area contributed by atoms with Crippen LogP contribution in [0.4, 0.5) is 0 Å². The van der Waals surface area contributed by atoms with Gasteiger partial charge in [0.15, 0.2) is 6.61 Å². The second-order valence-electron chi connectivity index (χ2n) is 7.74. The number of ether oxygens (including phenoxy) is 1. The fraction of sp³-hybridized carbons (Fsp3) is 0.417. The largest absolute Gasteiger partial charge is 0.484 e. The molecule has 0 aliphatic carbocycles. The zero-order valence-electron chi connectivity index (χ0n) is 18.5. The predicted molar refractivity (Wildman–Crippen MR) is 126 cm³/mol. The molecule has 0 heterocycles. The molecule has 7 heteroatoms. The predicted octanol–water partition coefficient (Wildman–Crippen LogP) is 5.44. The Kier molecular flexibility index (Phi) is 9.66. The first kappa shape index (κ1) is 25.0. The number of amides is 2. The third-order valence-corrected chi connectivity index (χ3v) is 5.57. The van der Waals surface area contributed by atoms with Crippen molar-refractivity contribution in [1.29, 1.82) is 0 Å². The minimum Gasteiger partial charge on any atom is -0.484 e. The second-order valence-corrected chi connectivity index (χ2v) is 8.58. The van der Waals surface area contributed by atoms with E-state index in [1.54, 1.807) is 25.1 Å².